The number of aromatic nitrogens is 1. The van der Waals surface area contributed by atoms with Crippen LogP contribution >= 0.6 is 0 Å². The van der Waals surface area contributed by atoms with E-state index in [2.05, 4.69) is 15.2 Å². The number of oxazole rings is 1. The van der Waals surface area contributed by atoms with Crippen molar-refractivity contribution in [3.8, 4) is 5.75 Å². The first-order valence-electron chi connectivity index (χ1n) is 15.1. The van der Waals surface area contributed by atoms with E-state index < -0.39 is 11.6 Å². The fourth-order valence-corrected chi connectivity index (χ4v) is 6.08. The maximum Gasteiger partial charge on any atom is 0.308 e. The quantitative estimate of drug-likeness (QED) is 0.262. The Hall–Kier alpha value is -3.61. The molecule has 1 aromatic heterocycles. The highest BCUT2D eigenvalue weighted by Crippen LogP contribution is 2.32. The Kier molecular flexibility index (Phi) is 10.4. The average molecular weight is 615 g/mol. The number of carbonyl (C=O) groups excluding carboxylic acids is 2. The molecule has 2 aromatic carbocycles. The molecule has 12 heteroatoms. The lowest BCUT2D eigenvalue weighted by molar-refractivity contribution is -0.150. The van der Waals surface area contributed by atoms with Gasteiger partial charge in [-0.3, -0.25) is 19.4 Å². The van der Waals surface area contributed by atoms with E-state index in [-0.39, 0.29) is 71.3 Å². The number of ether oxygens (including phenoxy) is 3. The van der Waals surface area contributed by atoms with Crippen molar-refractivity contribution in [3.05, 3.63) is 47.5 Å². The fraction of sp³-hybridized carbons (Fsp3) is 0.531. The van der Waals surface area contributed by atoms with Gasteiger partial charge in [0.1, 0.15) is 23.3 Å². The Bertz CT molecular complexity index is 1450. The van der Waals surface area contributed by atoms with Crippen LogP contribution in [-0.2, 0) is 25.5 Å². The Balaban J connectivity index is 1.19. The van der Waals surface area contributed by atoms with Crippen LogP contribution in [0.15, 0.2) is 34.7 Å². The number of anilines is 2. The van der Waals surface area contributed by atoms with Gasteiger partial charge in [-0.1, -0.05) is 6.07 Å². The highest BCUT2D eigenvalue weighted by atomic mass is 19.1. The molecular weight excluding hydrogens is 574 g/mol. The average Bonchev–Trinajstić information content (AvgIpc) is 3.69. The number of fused-ring (bicyclic) bond motifs is 1. The van der Waals surface area contributed by atoms with Crippen LogP contribution < -0.4 is 10.1 Å². The third-order valence-corrected chi connectivity index (χ3v) is 8.39. The van der Waals surface area contributed by atoms with Crippen LogP contribution in [-0.4, -0.2) is 86.3 Å². The van der Waals surface area contributed by atoms with Gasteiger partial charge in [0.2, 0.25) is 0 Å². The van der Waals surface area contributed by atoms with E-state index in [0.717, 1.165) is 51.6 Å². The summed E-state index contributed by atoms with van der Waals surface area (Å²) in [6, 6.07) is 7.03. The van der Waals surface area contributed by atoms with Crippen molar-refractivity contribution >= 4 is 34.6 Å². The van der Waals surface area contributed by atoms with Crippen LogP contribution in [0.3, 0.4) is 0 Å². The van der Waals surface area contributed by atoms with Crippen LogP contribution in [0.1, 0.15) is 44.1 Å². The van der Waals surface area contributed by atoms with Crippen molar-refractivity contribution in [2.24, 2.45) is 5.92 Å². The molecule has 238 valence electrons. The molecule has 44 heavy (non-hydrogen) atoms. The van der Waals surface area contributed by atoms with Crippen molar-refractivity contribution in [3.63, 3.8) is 0 Å². The number of methoxy groups -OCH3 is 2. The number of likely N-dealkylation sites (N-methyl/N-ethyl adjacent to an activating group) is 1. The highest BCUT2D eigenvalue weighted by molar-refractivity contribution is 5.85. The van der Waals surface area contributed by atoms with Crippen LogP contribution in [0.4, 0.5) is 20.5 Å². The molecular formula is C32H40F2N4O6. The minimum absolute atomic E-state index is 0.0299. The minimum Gasteiger partial charge on any atom is -0.495 e. The molecule has 5 rings (SSSR count). The molecule has 1 aliphatic heterocycles. The summed E-state index contributed by atoms with van der Waals surface area (Å²) in [6.07, 6.45) is 5.06. The first kappa shape index (κ1) is 31.8. The molecule has 2 aliphatic rings. The summed E-state index contributed by atoms with van der Waals surface area (Å²) in [7, 11) is 4.74. The van der Waals surface area contributed by atoms with Crippen LogP contribution in [0.2, 0.25) is 0 Å². The number of hydrogen-bond donors (Lipinski definition) is 1. The number of benzene rings is 2. The Morgan fingerprint density at radius 3 is 2.57 bits per heavy atom. The maximum atomic E-state index is 15.4. The number of Topliss-reactive ketones (excluding diaryl/α,β-unsaturated/α-hetero) is 1. The smallest absolute Gasteiger partial charge is 0.308 e. The number of ketones is 1. The number of likely N-dealkylation sites (tertiary alicyclic amines) is 1. The Labute approximate surface area is 255 Å². The normalized spacial score (nSPS) is 19.8. The molecule has 2 heterocycles. The van der Waals surface area contributed by atoms with Gasteiger partial charge in [0.15, 0.2) is 17.2 Å². The SMILES string of the molecule is COC(=O)C1CCC(OC(CN(C)CC(=O)Cc2ccc3nc(Nc4cc(F)ccc4OC)oc3c2F)N2CCCC2)CC1. The van der Waals surface area contributed by atoms with Crippen molar-refractivity contribution in [2.75, 3.05) is 52.8 Å². The molecule has 1 saturated heterocycles. The van der Waals surface area contributed by atoms with Gasteiger partial charge in [0, 0.05) is 32.1 Å². The zero-order chi connectivity index (χ0) is 31.2. The van der Waals surface area contributed by atoms with Gasteiger partial charge in [0.25, 0.3) is 6.01 Å². The second-order valence-electron chi connectivity index (χ2n) is 11.6. The standard InChI is InChI=1S/C32H40F2N4O6/c1-37(19-28(38-14-4-5-15-38)43-24-10-6-20(7-11-24)31(40)42-3)18-23(39)16-21-8-12-25-30(29(21)34)44-32(35-25)36-26-17-22(33)9-13-27(26)41-2/h8-9,12-13,17,20,24,28H,4-7,10-11,14-16,18-19H2,1-3H3,(H,35,36). The van der Waals surface area contributed by atoms with Gasteiger partial charge in [-0.25, -0.2) is 8.78 Å². The van der Waals surface area contributed by atoms with Crippen molar-refractivity contribution < 1.29 is 37.0 Å². The van der Waals surface area contributed by atoms with Crippen molar-refractivity contribution in [1.82, 2.24) is 14.8 Å². The van der Waals surface area contributed by atoms with Gasteiger partial charge in [-0.05, 0) is 69.3 Å². The third kappa shape index (κ3) is 7.72. The molecule has 3 aromatic rings. The molecule has 1 unspecified atom stereocenters. The number of nitrogens with one attached hydrogen (secondary N) is 1. The summed E-state index contributed by atoms with van der Waals surface area (Å²) in [6.45, 7) is 2.54. The van der Waals surface area contributed by atoms with E-state index >= 15 is 4.39 Å². The van der Waals surface area contributed by atoms with E-state index in [9.17, 15) is 14.0 Å². The second-order valence-corrected chi connectivity index (χ2v) is 11.6. The molecule has 1 saturated carbocycles. The zero-order valence-electron chi connectivity index (χ0n) is 25.4. The van der Waals surface area contributed by atoms with E-state index in [1.807, 2.05) is 11.9 Å². The van der Waals surface area contributed by atoms with Gasteiger partial charge >= 0.3 is 5.97 Å². The Morgan fingerprint density at radius 2 is 1.86 bits per heavy atom. The minimum atomic E-state index is -0.661. The highest BCUT2D eigenvalue weighted by Gasteiger charge is 2.32. The van der Waals surface area contributed by atoms with Crippen molar-refractivity contribution in [1.29, 1.82) is 0 Å². The van der Waals surface area contributed by atoms with E-state index in [1.54, 1.807) is 6.07 Å². The second kappa shape index (κ2) is 14.4. The summed E-state index contributed by atoms with van der Waals surface area (Å²) in [5, 5.41) is 2.83. The number of rotatable bonds is 13. The topological polar surface area (TPSA) is 106 Å². The predicted octanol–water partition coefficient (Wildman–Crippen LogP) is 5.07. The first-order valence-corrected chi connectivity index (χ1v) is 15.1. The lowest BCUT2D eigenvalue weighted by Crippen LogP contribution is -2.47. The number of nitrogens with zero attached hydrogens (tertiary/aromatic N) is 3. The summed E-state index contributed by atoms with van der Waals surface area (Å²) in [5.41, 5.74) is 0.658. The van der Waals surface area contributed by atoms with E-state index in [4.69, 9.17) is 18.6 Å². The van der Waals surface area contributed by atoms with E-state index in [1.165, 1.54) is 38.5 Å². The third-order valence-electron chi connectivity index (χ3n) is 8.39. The molecule has 1 N–H and O–H groups in total. The number of halogens is 2. The van der Waals surface area contributed by atoms with Crippen LogP contribution in [0.5, 0.6) is 5.75 Å². The van der Waals surface area contributed by atoms with Gasteiger partial charge in [-0.15, -0.1) is 0 Å². The molecule has 2 fully saturated rings. The summed E-state index contributed by atoms with van der Waals surface area (Å²) < 4.78 is 51.5. The predicted molar refractivity (Wildman–Crippen MR) is 160 cm³/mol. The van der Waals surface area contributed by atoms with Crippen LogP contribution in [0, 0.1) is 17.6 Å². The summed E-state index contributed by atoms with van der Waals surface area (Å²) in [5.74, 6) is -1.15. The maximum absolute atomic E-state index is 15.4. The lowest BCUT2D eigenvalue weighted by Gasteiger charge is -2.36. The molecule has 0 amide bonds. The Morgan fingerprint density at radius 1 is 1.11 bits per heavy atom. The molecule has 0 spiro atoms. The zero-order valence-corrected chi connectivity index (χ0v) is 25.4. The van der Waals surface area contributed by atoms with Gasteiger partial charge < -0.3 is 23.9 Å². The summed E-state index contributed by atoms with van der Waals surface area (Å²) in [4.78, 5) is 33.5. The molecule has 1 aliphatic carbocycles. The number of esters is 1. The number of hydrogen-bond acceptors (Lipinski definition) is 10. The summed E-state index contributed by atoms with van der Waals surface area (Å²) >= 11 is 0. The largest absolute Gasteiger partial charge is 0.495 e. The fourth-order valence-electron chi connectivity index (χ4n) is 6.08. The van der Waals surface area contributed by atoms with Crippen molar-refractivity contribution in [2.45, 2.75) is 57.3 Å². The molecule has 10 nitrogen and oxygen atoms in total. The lowest BCUT2D eigenvalue weighted by atomic mass is 9.87. The van der Waals surface area contributed by atoms with E-state index in [0.29, 0.717) is 12.3 Å². The molecule has 0 radical (unpaired) electrons. The molecule has 1 atom stereocenters. The van der Waals surface area contributed by atoms with Gasteiger partial charge in [0.05, 0.1) is 38.5 Å². The molecule has 0 bridgehead atoms. The number of carbonyl (C=O) groups is 2. The monoisotopic (exact) mass is 614 g/mol. The van der Waals surface area contributed by atoms with Crippen LogP contribution in [0.25, 0.3) is 11.1 Å². The van der Waals surface area contributed by atoms with Gasteiger partial charge in [-0.2, -0.15) is 4.98 Å². The first-order chi connectivity index (χ1) is 21.2.